The van der Waals surface area contributed by atoms with E-state index in [-0.39, 0.29) is 5.75 Å². The minimum absolute atomic E-state index is 0.0413. The van der Waals surface area contributed by atoms with E-state index in [9.17, 15) is 5.11 Å². The van der Waals surface area contributed by atoms with Crippen molar-refractivity contribution >= 4 is 50.1 Å². The number of benzene rings is 1. The van der Waals surface area contributed by atoms with Gasteiger partial charge in [0.25, 0.3) is 0 Å². The van der Waals surface area contributed by atoms with Crippen LogP contribution in [-0.4, -0.2) is 22.2 Å². The fraction of sp³-hybridized carbons (Fsp3) is 0.167. The van der Waals surface area contributed by atoms with Gasteiger partial charge in [0.05, 0.1) is 20.8 Å². The normalized spacial score (nSPS) is 10.6. The molecule has 2 aromatic rings. The highest BCUT2D eigenvalue weighted by Gasteiger charge is 2.14. The molecule has 1 heterocycles. The summed E-state index contributed by atoms with van der Waals surface area (Å²) in [6.07, 6.45) is 0. The minimum Gasteiger partial charge on any atom is -0.503 e. The summed E-state index contributed by atoms with van der Waals surface area (Å²) in [5.74, 6) is 0.877. The summed E-state index contributed by atoms with van der Waals surface area (Å²) in [6.45, 7) is 1.87. The smallest absolute Gasteiger partial charge is 0.172 e. The predicted octanol–water partition coefficient (Wildman–Crippen LogP) is 4.19. The summed E-state index contributed by atoms with van der Waals surface area (Å²) in [5.41, 5.74) is 1.52. The van der Waals surface area contributed by atoms with Crippen molar-refractivity contribution in [3.63, 3.8) is 0 Å². The molecule has 4 nitrogen and oxygen atoms in total. The van der Waals surface area contributed by atoms with Gasteiger partial charge in [-0.1, -0.05) is 11.6 Å². The van der Waals surface area contributed by atoms with Gasteiger partial charge in [-0.15, -0.1) is 0 Å². The molecule has 0 saturated carbocycles. The van der Waals surface area contributed by atoms with Crippen molar-refractivity contribution in [3.8, 4) is 22.9 Å². The summed E-state index contributed by atoms with van der Waals surface area (Å²) in [6, 6.07) is 3.38. The molecular weight excluding hydrogens is 446 g/mol. The molecule has 0 atom stereocenters. The van der Waals surface area contributed by atoms with Gasteiger partial charge in [-0.3, -0.25) is 0 Å². The van der Waals surface area contributed by atoms with Gasteiger partial charge in [0.15, 0.2) is 17.3 Å². The maximum absolute atomic E-state index is 9.78. The van der Waals surface area contributed by atoms with Crippen LogP contribution in [0.15, 0.2) is 16.6 Å². The molecule has 0 aliphatic heterocycles. The number of methoxy groups -OCH3 is 1. The third kappa shape index (κ3) is 2.95. The maximum atomic E-state index is 9.78. The van der Waals surface area contributed by atoms with Crippen LogP contribution in [-0.2, 0) is 0 Å². The van der Waals surface area contributed by atoms with Crippen LogP contribution < -0.4 is 4.74 Å². The van der Waals surface area contributed by atoms with Crippen LogP contribution >= 0.6 is 50.1 Å². The molecule has 0 saturated heterocycles. The second-order valence-electron chi connectivity index (χ2n) is 3.75. The Morgan fingerprint density at radius 2 is 2.05 bits per heavy atom. The van der Waals surface area contributed by atoms with E-state index in [2.05, 4.69) is 48.5 Å². The first-order valence-electron chi connectivity index (χ1n) is 5.20. The summed E-state index contributed by atoms with van der Waals surface area (Å²) in [5, 5.41) is 10.2. The Balaban J connectivity index is 2.62. The fourth-order valence-corrected chi connectivity index (χ4v) is 2.41. The third-order valence-electron chi connectivity index (χ3n) is 2.48. The van der Waals surface area contributed by atoms with Gasteiger partial charge in [0, 0.05) is 5.56 Å². The van der Waals surface area contributed by atoms with Crippen molar-refractivity contribution in [1.29, 1.82) is 0 Å². The number of aromatic hydroxyl groups is 1. The van der Waals surface area contributed by atoms with Crippen LogP contribution in [0.1, 0.15) is 5.69 Å². The largest absolute Gasteiger partial charge is 0.503 e. The zero-order valence-corrected chi connectivity index (χ0v) is 14.5. The first kappa shape index (κ1) is 14.8. The van der Waals surface area contributed by atoms with Crippen LogP contribution in [0.5, 0.6) is 11.5 Å². The van der Waals surface area contributed by atoms with Crippen LogP contribution in [0, 0.1) is 10.5 Å². The summed E-state index contributed by atoms with van der Waals surface area (Å²) in [4.78, 5) is 8.63. The Labute approximate surface area is 137 Å². The van der Waals surface area contributed by atoms with Crippen LogP contribution in [0.2, 0.25) is 5.15 Å². The monoisotopic (exact) mass is 454 g/mol. The third-order valence-corrected chi connectivity index (χ3v) is 4.97. The second kappa shape index (κ2) is 5.80. The number of phenolic OH excluding ortho intramolecular Hbond substituents is 1. The van der Waals surface area contributed by atoms with Crippen molar-refractivity contribution < 1.29 is 9.84 Å². The lowest BCUT2D eigenvalue weighted by molar-refractivity contribution is 0.372. The highest BCUT2D eigenvalue weighted by atomic mass is 127. The molecular formula is C12H9BrClIN2O2. The Bertz CT molecular complexity index is 629. The molecule has 1 N–H and O–H groups in total. The summed E-state index contributed by atoms with van der Waals surface area (Å²) in [7, 11) is 1.48. The highest BCUT2D eigenvalue weighted by Crippen LogP contribution is 2.38. The van der Waals surface area contributed by atoms with Crippen molar-refractivity contribution in [2.24, 2.45) is 0 Å². The number of hydrogen-bond donors (Lipinski definition) is 1. The molecule has 0 aliphatic rings. The number of nitrogens with zero attached hydrogens (tertiary/aromatic N) is 2. The van der Waals surface area contributed by atoms with E-state index in [0.29, 0.717) is 26.8 Å². The van der Waals surface area contributed by atoms with E-state index < -0.39 is 0 Å². The Hall–Kier alpha value is -0.600. The minimum atomic E-state index is 0.0413. The van der Waals surface area contributed by atoms with Crippen molar-refractivity contribution in [2.75, 3.05) is 7.11 Å². The lowest BCUT2D eigenvalue weighted by atomic mass is 10.2. The van der Waals surface area contributed by atoms with Crippen molar-refractivity contribution in [1.82, 2.24) is 9.97 Å². The predicted molar refractivity (Wildman–Crippen MR) is 85.8 cm³/mol. The fourth-order valence-electron chi connectivity index (χ4n) is 1.51. The molecule has 7 heteroatoms. The summed E-state index contributed by atoms with van der Waals surface area (Å²) >= 11 is 11.4. The number of phenols is 1. The Morgan fingerprint density at radius 1 is 1.37 bits per heavy atom. The van der Waals surface area contributed by atoms with Gasteiger partial charge in [-0.05, 0) is 57.6 Å². The topological polar surface area (TPSA) is 55.2 Å². The lowest BCUT2D eigenvalue weighted by Gasteiger charge is -2.09. The Kier molecular flexibility index (Phi) is 4.52. The molecule has 1 aromatic heterocycles. The number of rotatable bonds is 2. The molecule has 0 radical (unpaired) electrons. The first-order chi connectivity index (χ1) is 8.93. The molecule has 0 unspecified atom stereocenters. The van der Waals surface area contributed by atoms with Crippen molar-refractivity contribution in [3.05, 3.63) is 31.0 Å². The van der Waals surface area contributed by atoms with Gasteiger partial charge in [0.2, 0.25) is 0 Å². The van der Waals surface area contributed by atoms with Crippen molar-refractivity contribution in [2.45, 2.75) is 6.92 Å². The maximum Gasteiger partial charge on any atom is 0.172 e. The number of aryl methyl sites for hydroxylation is 1. The number of aromatic nitrogens is 2. The molecule has 0 fully saturated rings. The van der Waals surface area contributed by atoms with Crippen LogP contribution in [0.4, 0.5) is 0 Å². The van der Waals surface area contributed by atoms with E-state index in [0.717, 1.165) is 9.26 Å². The van der Waals surface area contributed by atoms with Gasteiger partial charge in [-0.25, -0.2) is 9.97 Å². The second-order valence-corrected chi connectivity index (χ2v) is 6.04. The zero-order chi connectivity index (χ0) is 14.2. The Morgan fingerprint density at radius 3 is 2.63 bits per heavy atom. The molecule has 0 amide bonds. The number of halogens is 3. The molecule has 2 rings (SSSR count). The number of hydrogen-bond acceptors (Lipinski definition) is 4. The molecule has 0 bridgehead atoms. The summed E-state index contributed by atoms with van der Waals surface area (Å²) < 4.78 is 6.44. The number of ether oxygens (including phenoxy) is 1. The average Bonchev–Trinajstić information content (AvgIpc) is 2.38. The molecule has 19 heavy (non-hydrogen) atoms. The quantitative estimate of drug-likeness (QED) is 0.545. The highest BCUT2D eigenvalue weighted by molar-refractivity contribution is 14.1. The van der Waals surface area contributed by atoms with E-state index in [4.69, 9.17) is 16.3 Å². The van der Waals surface area contributed by atoms with E-state index >= 15 is 0 Å². The zero-order valence-electron chi connectivity index (χ0n) is 10.0. The molecule has 0 spiro atoms. The molecule has 100 valence electrons. The van der Waals surface area contributed by atoms with Gasteiger partial charge < -0.3 is 9.84 Å². The SMILES string of the molecule is COc1cc(-c2nc(C)c(I)c(Cl)n2)cc(Br)c1O. The van der Waals surface area contributed by atoms with E-state index in [1.807, 2.05) is 6.92 Å². The molecule has 1 aromatic carbocycles. The standard InChI is InChI=1S/C12H9BrClIN2O2/c1-5-9(15)11(14)17-12(16-5)6-3-7(13)10(18)8(4-6)19-2/h3-4,18H,1-2H3. The average molecular weight is 455 g/mol. The van der Waals surface area contributed by atoms with Gasteiger partial charge >= 0.3 is 0 Å². The van der Waals surface area contributed by atoms with Gasteiger partial charge in [0.1, 0.15) is 5.15 Å². The van der Waals surface area contributed by atoms with E-state index in [1.165, 1.54) is 7.11 Å². The van der Waals surface area contributed by atoms with E-state index in [1.54, 1.807) is 12.1 Å². The van der Waals surface area contributed by atoms with Crippen LogP contribution in [0.25, 0.3) is 11.4 Å². The lowest BCUT2D eigenvalue weighted by Crippen LogP contribution is -1.97. The van der Waals surface area contributed by atoms with Crippen LogP contribution in [0.3, 0.4) is 0 Å². The molecule has 0 aliphatic carbocycles. The van der Waals surface area contributed by atoms with Gasteiger partial charge in [-0.2, -0.15) is 0 Å². The first-order valence-corrected chi connectivity index (χ1v) is 7.45.